The van der Waals surface area contributed by atoms with E-state index in [0.717, 1.165) is 21.9 Å². The first kappa shape index (κ1) is 17.2. The van der Waals surface area contributed by atoms with Crippen LogP contribution in [0.1, 0.15) is 24.3 Å². The van der Waals surface area contributed by atoms with Gasteiger partial charge in [0.25, 0.3) is 5.91 Å². The van der Waals surface area contributed by atoms with E-state index in [4.69, 9.17) is 4.74 Å². The Labute approximate surface area is 150 Å². The van der Waals surface area contributed by atoms with Gasteiger partial charge in [-0.1, -0.05) is 25.2 Å². The van der Waals surface area contributed by atoms with E-state index >= 15 is 0 Å². The van der Waals surface area contributed by atoms with E-state index in [9.17, 15) is 4.79 Å². The number of carbonyl (C=O) groups is 1. The lowest BCUT2D eigenvalue weighted by Gasteiger charge is -2.06. The van der Waals surface area contributed by atoms with Crippen LogP contribution in [0.3, 0.4) is 0 Å². The number of pyridine rings is 1. The van der Waals surface area contributed by atoms with Gasteiger partial charge in [0.2, 0.25) is 0 Å². The van der Waals surface area contributed by atoms with Crippen LogP contribution in [0.25, 0.3) is 10.2 Å². The summed E-state index contributed by atoms with van der Waals surface area (Å²) in [4.78, 5) is 20.3. The van der Waals surface area contributed by atoms with E-state index in [1.807, 2.05) is 18.2 Å². The molecule has 2 N–H and O–H groups in total. The summed E-state index contributed by atoms with van der Waals surface area (Å²) >= 11 is 1.60. The molecule has 25 heavy (non-hydrogen) atoms. The molecule has 0 bridgehead atoms. The molecule has 130 valence electrons. The highest BCUT2D eigenvalue weighted by Gasteiger charge is 2.09. The molecule has 0 spiro atoms. The molecule has 0 aliphatic rings. The highest BCUT2D eigenvalue weighted by molar-refractivity contribution is 7.22. The van der Waals surface area contributed by atoms with E-state index in [2.05, 4.69) is 34.4 Å². The van der Waals surface area contributed by atoms with Crippen molar-refractivity contribution in [1.82, 2.24) is 15.3 Å². The van der Waals surface area contributed by atoms with Crippen LogP contribution in [0, 0.1) is 5.92 Å². The number of nitrogens with one attached hydrogen (secondary N) is 2. The number of fused-ring (bicyclic) bond motifs is 1. The molecule has 3 rings (SSSR count). The summed E-state index contributed by atoms with van der Waals surface area (Å²) in [6.45, 7) is 5.21. The highest BCUT2D eigenvalue weighted by atomic mass is 32.1. The Morgan fingerprint density at radius 1 is 1.24 bits per heavy atom. The largest absolute Gasteiger partial charge is 0.457 e. The summed E-state index contributed by atoms with van der Waals surface area (Å²) in [5.74, 6) is 1.58. The summed E-state index contributed by atoms with van der Waals surface area (Å²) in [5.41, 5.74) is 1.25. The lowest BCUT2D eigenvalue weighted by molar-refractivity contribution is 0.0958. The predicted molar refractivity (Wildman–Crippen MR) is 101 cm³/mol. The van der Waals surface area contributed by atoms with E-state index < -0.39 is 0 Å². The molecular formula is C18H20N4O2S. The van der Waals surface area contributed by atoms with Gasteiger partial charge in [0.15, 0.2) is 5.13 Å². The molecule has 0 saturated carbocycles. The number of rotatable bonds is 6. The number of carbonyl (C=O) groups excluding carboxylic acids is 1. The van der Waals surface area contributed by atoms with Crippen molar-refractivity contribution < 1.29 is 9.53 Å². The third-order valence-corrected chi connectivity index (χ3v) is 4.42. The van der Waals surface area contributed by atoms with Crippen LogP contribution < -0.4 is 15.4 Å². The molecule has 0 aliphatic carbocycles. The van der Waals surface area contributed by atoms with Gasteiger partial charge in [-0.2, -0.15) is 0 Å². The quantitative estimate of drug-likeness (QED) is 0.700. The fraction of sp³-hybridized carbons (Fsp3) is 0.278. The van der Waals surface area contributed by atoms with Gasteiger partial charge in [-0.15, -0.1) is 0 Å². The summed E-state index contributed by atoms with van der Waals surface area (Å²) in [6.07, 6.45) is 1.55. The lowest BCUT2D eigenvalue weighted by Crippen LogP contribution is -2.18. The van der Waals surface area contributed by atoms with Gasteiger partial charge in [0.1, 0.15) is 17.2 Å². The number of nitrogens with zero attached hydrogens (tertiary/aromatic N) is 2. The van der Waals surface area contributed by atoms with Crippen molar-refractivity contribution >= 4 is 32.6 Å². The van der Waals surface area contributed by atoms with Gasteiger partial charge in [0, 0.05) is 31.9 Å². The van der Waals surface area contributed by atoms with Gasteiger partial charge in [0.05, 0.1) is 10.2 Å². The second-order valence-corrected chi connectivity index (χ2v) is 7.01. The summed E-state index contributed by atoms with van der Waals surface area (Å²) in [7, 11) is 1.57. The Morgan fingerprint density at radius 2 is 2.04 bits per heavy atom. The maximum Gasteiger partial charge on any atom is 0.269 e. The summed E-state index contributed by atoms with van der Waals surface area (Å²) in [6, 6.07) is 9.09. The van der Waals surface area contributed by atoms with E-state index in [1.54, 1.807) is 36.7 Å². The smallest absolute Gasteiger partial charge is 0.269 e. The van der Waals surface area contributed by atoms with Crippen molar-refractivity contribution in [2.45, 2.75) is 13.8 Å². The number of amides is 1. The number of hydrogen-bond acceptors (Lipinski definition) is 6. The van der Waals surface area contributed by atoms with Gasteiger partial charge >= 0.3 is 0 Å². The SMILES string of the molecule is CNC(=O)c1cc(Oc2ccc3nc(NCC(C)C)sc3c2)ccn1. The Morgan fingerprint density at radius 3 is 2.80 bits per heavy atom. The third kappa shape index (κ3) is 4.24. The standard InChI is InChI=1S/C18H20N4O2S/c1-11(2)10-21-18-22-14-5-4-12(9-16(14)25-18)24-13-6-7-20-15(8-13)17(23)19-3/h4-9,11H,10H2,1-3H3,(H,19,23)(H,21,22). The van der Waals surface area contributed by atoms with Crippen LogP contribution in [0.15, 0.2) is 36.5 Å². The normalized spacial score (nSPS) is 10.9. The molecule has 1 aromatic carbocycles. The van der Waals surface area contributed by atoms with Gasteiger partial charge in [-0.3, -0.25) is 9.78 Å². The molecule has 0 atom stereocenters. The van der Waals surface area contributed by atoms with Crippen LogP contribution in [0.5, 0.6) is 11.5 Å². The van der Waals surface area contributed by atoms with Crippen LogP contribution in [-0.4, -0.2) is 29.5 Å². The van der Waals surface area contributed by atoms with Crippen LogP contribution in [0.4, 0.5) is 5.13 Å². The van der Waals surface area contributed by atoms with Crippen molar-refractivity contribution in [3.8, 4) is 11.5 Å². The minimum absolute atomic E-state index is 0.246. The summed E-state index contributed by atoms with van der Waals surface area (Å²) < 4.78 is 6.91. The number of aromatic nitrogens is 2. The van der Waals surface area contributed by atoms with E-state index in [0.29, 0.717) is 23.1 Å². The molecule has 7 heteroatoms. The average Bonchev–Trinajstić information content (AvgIpc) is 3.01. The third-order valence-electron chi connectivity index (χ3n) is 3.45. The molecule has 0 unspecified atom stereocenters. The average molecular weight is 356 g/mol. The zero-order valence-corrected chi connectivity index (χ0v) is 15.2. The molecule has 2 aromatic heterocycles. The maximum absolute atomic E-state index is 11.7. The molecule has 0 fully saturated rings. The number of benzene rings is 1. The Bertz CT molecular complexity index is 892. The summed E-state index contributed by atoms with van der Waals surface area (Å²) in [5, 5.41) is 6.80. The molecule has 0 radical (unpaired) electrons. The van der Waals surface area contributed by atoms with Crippen molar-refractivity contribution in [2.24, 2.45) is 5.92 Å². The highest BCUT2D eigenvalue weighted by Crippen LogP contribution is 2.31. The van der Waals surface area contributed by atoms with E-state index in [1.165, 1.54) is 0 Å². The van der Waals surface area contributed by atoms with E-state index in [-0.39, 0.29) is 5.91 Å². The number of thiazole rings is 1. The van der Waals surface area contributed by atoms with Gasteiger partial charge in [-0.05, 0) is 24.1 Å². The molecular weight excluding hydrogens is 336 g/mol. The van der Waals surface area contributed by atoms with Crippen molar-refractivity contribution in [3.05, 3.63) is 42.2 Å². The molecule has 3 aromatic rings. The number of hydrogen-bond donors (Lipinski definition) is 2. The second-order valence-electron chi connectivity index (χ2n) is 5.98. The molecule has 0 saturated heterocycles. The molecule has 6 nitrogen and oxygen atoms in total. The molecule has 2 heterocycles. The minimum atomic E-state index is -0.246. The minimum Gasteiger partial charge on any atom is -0.457 e. The maximum atomic E-state index is 11.7. The molecule has 0 aliphatic heterocycles. The Kier molecular flexibility index (Phi) is 5.14. The lowest BCUT2D eigenvalue weighted by atomic mass is 10.2. The fourth-order valence-corrected chi connectivity index (χ4v) is 3.10. The first-order valence-electron chi connectivity index (χ1n) is 8.05. The monoisotopic (exact) mass is 356 g/mol. The molecule has 1 amide bonds. The van der Waals surface area contributed by atoms with Gasteiger partial charge in [-0.25, -0.2) is 4.98 Å². The Hall–Kier alpha value is -2.67. The first-order chi connectivity index (χ1) is 12.0. The number of ether oxygens (including phenoxy) is 1. The van der Waals surface area contributed by atoms with Crippen molar-refractivity contribution in [3.63, 3.8) is 0 Å². The topological polar surface area (TPSA) is 76.1 Å². The second kappa shape index (κ2) is 7.48. The van der Waals surface area contributed by atoms with Gasteiger partial charge < -0.3 is 15.4 Å². The van der Waals surface area contributed by atoms with Crippen molar-refractivity contribution in [1.29, 1.82) is 0 Å². The van der Waals surface area contributed by atoms with Crippen LogP contribution >= 0.6 is 11.3 Å². The fourth-order valence-electron chi connectivity index (χ4n) is 2.20. The zero-order chi connectivity index (χ0) is 17.8. The zero-order valence-electron chi connectivity index (χ0n) is 14.4. The van der Waals surface area contributed by atoms with Crippen LogP contribution in [-0.2, 0) is 0 Å². The predicted octanol–water partition coefficient (Wildman–Crippen LogP) is 3.91. The van der Waals surface area contributed by atoms with Crippen LogP contribution in [0.2, 0.25) is 0 Å². The number of anilines is 1. The van der Waals surface area contributed by atoms with Crippen molar-refractivity contribution in [2.75, 3.05) is 18.9 Å². The first-order valence-corrected chi connectivity index (χ1v) is 8.87. The Balaban J connectivity index is 1.79.